The van der Waals surface area contributed by atoms with E-state index >= 15 is 0 Å². The molecular formula is C27H30BrNO3. The van der Waals surface area contributed by atoms with Crippen LogP contribution in [-0.2, 0) is 4.79 Å². The van der Waals surface area contributed by atoms with Crippen molar-refractivity contribution in [2.24, 2.45) is 11.8 Å². The maximum absolute atomic E-state index is 13.1. The number of likely N-dealkylation sites (tertiary alicyclic amines) is 1. The minimum absolute atomic E-state index is 0.0721. The number of hydrogen-bond acceptors (Lipinski definition) is 3. The lowest BCUT2D eigenvalue weighted by Gasteiger charge is -2.34. The maximum Gasteiger partial charge on any atom is 0.246 e. The molecule has 1 amide bonds. The standard InChI is InChI=1S/C27H30BrNO3/c1-5-31-25-13-26-23(24(16-32-26)20-7-6-8-21(28)11-20)12-22(25)19(4)10-27(30)29-14-17(2)9-18(3)15-29/h6-8,10-13,16-18H,5,9,14-15H2,1-4H3/b19-10+. The first-order valence-corrected chi connectivity index (χ1v) is 12.1. The van der Waals surface area contributed by atoms with Crippen molar-refractivity contribution in [3.63, 3.8) is 0 Å². The van der Waals surface area contributed by atoms with Gasteiger partial charge in [-0.25, -0.2) is 0 Å². The fourth-order valence-electron chi connectivity index (χ4n) is 4.71. The molecule has 5 heteroatoms. The number of benzene rings is 2. The molecule has 4 rings (SSSR count). The third-order valence-electron chi connectivity index (χ3n) is 6.06. The van der Waals surface area contributed by atoms with E-state index in [9.17, 15) is 4.79 Å². The third-order valence-corrected chi connectivity index (χ3v) is 6.55. The Balaban J connectivity index is 1.74. The van der Waals surface area contributed by atoms with E-state index in [1.54, 1.807) is 12.3 Å². The molecule has 1 aliphatic heterocycles. The summed E-state index contributed by atoms with van der Waals surface area (Å²) < 4.78 is 12.8. The molecule has 4 nitrogen and oxygen atoms in total. The van der Waals surface area contributed by atoms with Gasteiger partial charge in [-0.3, -0.25) is 4.79 Å². The van der Waals surface area contributed by atoms with Crippen LogP contribution in [0, 0.1) is 11.8 Å². The SMILES string of the molecule is CCOc1cc2occ(-c3cccc(Br)c3)c2cc1/C(C)=C/C(=O)N1CC(C)CC(C)C1. The Morgan fingerprint density at radius 2 is 1.97 bits per heavy atom. The second-order valence-electron chi connectivity index (χ2n) is 8.95. The number of halogens is 1. The van der Waals surface area contributed by atoms with Crippen molar-refractivity contribution >= 4 is 38.4 Å². The van der Waals surface area contributed by atoms with Gasteiger partial charge in [0.15, 0.2) is 0 Å². The Hall–Kier alpha value is -2.53. The van der Waals surface area contributed by atoms with E-state index in [1.165, 1.54) is 6.42 Å². The molecule has 32 heavy (non-hydrogen) atoms. The first kappa shape index (κ1) is 22.7. The van der Waals surface area contributed by atoms with Crippen LogP contribution >= 0.6 is 15.9 Å². The first-order chi connectivity index (χ1) is 15.4. The highest BCUT2D eigenvalue weighted by atomic mass is 79.9. The lowest BCUT2D eigenvalue weighted by Crippen LogP contribution is -2.41. The van der Waals surface area contributed by atoms with E-state index in [-0.39, 0.29) is 5.91 Å². The predicted octanol–water partition coefficient (Wildman–Crippen LogP) is 7.17. The molecule has 1 aromatic heterocycles. The molecule has 1 saturated heterocycles. The van der Waals surface area contributed by atoms with Gasteiger partial charge >= 0.3 is 0 Å². The maximum atomic E-state index is 13.1. The summed E-state index contributed by atoms with van der Waals surface area (Å²) in [6.45, 7) is 10.6. The molecule has 0 aliphatic carbocycles. The van der Waals surface area contributed by atoms with Crippen LogP contribution < -0.4 is 4.74 Å². The predicted molar refractivity (Wildman–Crippen MR) is 134 cm³/mol. The average molecular weight is 496 g/mol. The number of hydrogen-bond donors (Lipinski definition) is 0. The lowest BCUT2D eigenvalue weighted by molar-refractivity contribution is -0.128. The number of amides is 1. The van der Waals surface area contributed by atoms with Gasteiger partial charge in [0.05, 0.1) is 12.9 Å². The van der Waals surface area contributed by atoms with Gasteiger partial charge in [-0.05, 0) is 61.4 Å². The summed E-state index contributed by atoms with van der Waals surface area (Å²) in [6.07, 6.45) is 4.72. The Kier molecular flexibility index (Phi) is 6.75. The quantitative estimate of drug-likeness (QED) is 0.352. The number of fused-ring (bicyclic) bond motifs is 1. The zero-order valence-corrected chi connectivity index (χ0v) is 20.7. The van der Waals surface area contributed by atoms with Crippen LogP contribution in [0.1, 0.15) is 39.7 Å². The van der Waals surface area contributed by atoms with Crippen LogP contribution in [0.25, 0.3) is 27.7 Å². The van der Waals surface area contributed by atoms with Gasteiger partial charge in [-0.15, -0.1) is 0 Å². The van der Waals surface area contributed by atoms with Gasteiger partial charge in [-0.1, -0.05) is 41.9 Å². The van der Waals surface area contributed by atoms with Crippen molar-refractivity contribution in [1.29, 1.82) is 0 Å². The highest BCUT2D eigenvalue weighted by molar-refractivity contribution is 9.10. The molecule has 2 heterocycles. The molecule has 2 aromatic carbocycles. The smallest absolute Gasteiger partial charge is 0.246 e. The van der Waals surface area contributed by atoms with Gasteiger partial charge in [0.2, 0.25) is 5.91 Å². The molecule has 3 aromatic rings. The second kappa shape index (κ2) is 9.53. The number of furan rings is 1. The van der Waals surface area contributed by atoms with Gasteiger partial charge in [0.1, 0.15) is 11.3 Å². The number of carbonyl (C=O) groups is 1. The van der Waals surface area contributed by atoms with Crippen molar-refractivity contribution < 1.29 is 13.9 Å². The van der Waals surface area contributed by atoms with E-state index in [4.69, 9.17) is 9.15 Å². The van der Waals surface area contributed by atoms with Gasteiger partial charge < -0.3 is 14.1 Å². The van der Waals surface area contributed by atoms with E-state index in [0.717, 1.165) is 56.5 Å². The van der Waals surface area contributed by atoms with Crippen LogP contribution in [0.2, 0.25) is 0 Å². The number of nitrogens with zero attached hydrogens (tertiary/aromatic N) is 1. The number of ether oxygens (including phenoxy) is 1. The van der Waals surface area contributed by atoms with Crippen molar-refractivity contribution in [1.82, 2.24) is 4.90 Å². The molecule has 0 spiro atoms. The second-order valence-corrected chi connectivity index (χ2v) is 9.87. The Labute approximate surface area is 198 Å². The van der Waals surface area contributed by atoms with E-state index in [1.807, 2.05) is 36.9 Å². The first-order valence-electron chi connectivity index (χ1n) is 11.3. The number of piperidine rings is 1. The molecule has 168 valence electrons. The fraction of sp³-hybridized carbons (Fsp3) is 0.370. The van der Waals surface area contributed by atoms with Gasteiger partial charge in [0, 0.05) is 46.2 Å². The molecule has 0 N–H and O–H groups in total. The van der Waals surface area contributed by atoms with Crippen LogP contribution in [0.15, 0.2) is 57.6 Å². The Morgan fingerprint density at radius 3 is 2.66 bits per heavy atom. The number of carbonyl (C=O) groups excluding carboxylic acids is 1. The molecule has 0 bridgehead atoms. The minimum Gasteiger partial charge on any atom is -0.493 e. The zero-order valence-electron chi connectivity index (χ0n) is 19.2. The largest absolute Gasteiger partial charge is 0.493 e. The summed E-state index contributed by atoms with van der Waals surface area (Å²) in [5.41, 5.74) is 4.67. The van der Waals surface area contributed by atoms with E-state index < -0.39 is 0 Å². The normalized spacial score (nSPS) is 19.4. The Morgan fingerprint density at radius 1 is 1.22 bits per heavy atom. The van der Waals surface area contributed by atoms with Crippen LogP contribution in [0.4, 0.5) is 0 Å². The van der Waals surface area contributed by atoms with Crippen LogP contribution in [-0.4, -0.2) is 30.5 Å². The zero-order chi connectivity index (χ0) is 22.8. The summed E-state index contributed by atoms with van der Waals surface area (Å²) in [5.74, 6) is 1.87. The van der Waals surface area contributed by atoms with Crippen LogP contribution in [0.5, 0.6) is 5.75 Å². The van der Waals surface area contributed by atoms with Gasteiger partial charge in [0.25, 0.3) is 0 Å². The number of allylic oxidation sites excluding steroid dienone is 1. The monoisotopic (exact) mass is 495 g/mol. The summed E-state index contributed by atoms with van der Waals surface area (Å²) in [5, 5.41) is 1.00. The number of rotatable bonds is 5. The van der Waals surface area contributed by atoms with Crippen molar-refractivity contribution in [3.8, 4) is 16.9 Å². The molecule has 1 aliphatic rings. The molecule has 2 atom stereocenters. The lowest BCUT2D eigenvalue weighted by atomic mass is 9.91. The van der Waals surface area contributed by atoms with E-state index in [0.29, 0.717) is 18.4 Å². The van der Waals surface area contributed by atoms with Crippen molar-refractivity contribution in [3.05, 3.63) is 58.8 Å². The Bertz CT molecular complexity index is 1150. The molecule has 1 fully saturated rings. The van der Waals surface area contributed by atoms with E-state index in [2.05, 4.69) is 48.0 Å². The van der Waals surface area contributed by atoms with Gasteiger partial charge in [-0.2, -0.15) is 0 Å². The van der Waals surface area contributed by atoms with Crippen molar-refractivity contribution in [2.75, 3.05) is 19.7 Å². The summed E-state index contributed by atoms with van der Waals surface area (Å²) in [6, 6.07) is 12.2. The highest BCUT2D eigenvalue weighted by Gasteiger charge is 2.25. The minimum atomic E-state index is 0.0721. The summed E-state index contributed by atoms with van der Waals surface area (Å²) in [7, 11) is 0. The summed E-state index contributed by atoms with van der Waals surface area (Å²) in [4.78, 5) is 15.0. The fourth-order valence-corrected chi connectivity index (χ4v) is 5.11. The molecule has 2 unspecified atom stereocenters. The summed E-state index contributed by atoms with van der Waals surface area (Å²) >= 11 is 3.55. The molecule has 0 radical (unpaired) electrons. The van der Waals surface area contributed by atoms with Crippen molar-refractivity contribution in [2.45, 2.75) is 34.1 Å². The van der Waals surface area contributed by atoms with Crippen LogP contribution in [0.3, 0.4) is 0 Å². The average Bonchev–Trinajstić information content (AvgIpc) is 3.15. The molecular weight excluding hydrogens is 466 g/mol. The molecule has 0 saturated carbocycles. The highest BCUT2D eigenvalue weighted by Crippen LogP contribution is 2.38. The third kappa shape index (κ3) is 4.78. The topological polar surface area (TPSA) is 42.7 Å².